The van der Waals surface area contributed by atoms with Gasteiger partial charge in [-0.2, -0.15) is 0 Å². The van der Waals surface area contributed by atoms with E-state index in [9.17, 15) is 14.2 Å². The number of carbonyl (C=O) groups is 2. The molecule has 16 heavy (non-hydrogen) atoms. The van der Waals surface area contributed by atoms with E-state index >= 15 is 0 Å². The van der Waals surface area contributed by atoms with Crippen LogP contribution in [0, 0.1) is 0 Å². The van der Waals surface area contributed by atoms with Gasteiger partial charge in [0.2, 0.25) is 5.91 Å². The molecule has 0 fully saturated rings. The predicted octanol–water partition coefficient (Wildman–Crippen LogP) is -1.53. The van der Waals surface area contributed by atoms with Gasteiger partial charge in [0, 0.05) is 6.54 Å². The van der Waals surface area contributed by atoms with Gasteiger partial charge in [-0.05, 0) is 12.8 Å². The number of carbonyl (C=O) groups excluding carboxylic acids is 1. The molecule has 0 heterocycles. The molecule has 6 N–H and O–H groups in total. The molecule has 0 aromatic heterocycles. The number of aliphatic carboxylic acids is 1. The normalized spacial score (nSPS) is 13.2. The maximum absolute atomic E-state index is 10.9. The first-order valence-corrected chi connectivity index (χ1v) is 6.32. The summed E-state index contributed by atoms with van der Waals surface area (Å²) in [4.78, 5) is 38.1. The van der Waals surface area contributed by atoms with Crippen molar-refractivity contribution >= 4 is 19.5 Å². The van der Waals surface area contributed by atoms with Gasteiger partial charge in [0.15, 0.2) is 0 Å². The van der Waals surface area contributed by atoms with Gasteiger partial charge < -0.3 is 25.9 Å². The van der Waals surface area contributed by atoms with Crippen LogP contribution in [-0.2, 0) is 14.2 Å². The fourth-order valence-corrected chi connectivity index (χ4v) is 1.40. The van der Waals surface area contributed by atoms with Crippen LogP contribution in [0.4, 0.5) is 0 Å². The molecule has 0 spiro atoms. The molecule has 1 atom stereocenters. The average molecular weight is 254 g/mol. The summed E-state index contributed by atoms with van der Waals surface area (Å²) in [6.07, 6.45) is -0.343. The van der Waals surface area contributed by atoms with Crippen molar-refractivity contribution in [2.24, 2.45) is 5.73 Å². The summed E-state index contributed by atoms with van der Waals surface area (Å²) in [5, 5.41) is 10.7. The second-order valence-corrected chi connectivity index (χ2v) is 4.91. The summed E-state index contributed by atoms with van der Waals surface area (Å²) < 4.78 is 10.4. The van der Waals surface area contributed by atoms with Crippen molar-refractivity contribution in [3.8, 4) is 0 Å². The Morgan fingerprint density at radius 3 is 2.38 bits per heavy atom. The summed E-state index contributed by atoms with van der Waals surface area (Å²) in [5.41, 5.74) is 5.20. The zero-order valence-electron chi connectivity index (χ0n) is 8.50. The Morgan fingerprint density at radius 1 is 1.38 bits per heavy atom. The molecule has 8 nitrogen and oxygen atoms in total. The van der Waals surface area contributed by atoms with Crippen molar-refractivity contribution < 1.29 is 29.0 Å². The summed E-state index contributed by atoms with van der Waals surface area (Å²) in [6, 6.07) is -0.987. The molecule has 0 bridgehead atoms. The van der Waals surface area contributed by atoms with E-state index < -0.39 is 31.7 Å². The minimum absolute atomic E-state index is 0.139. The van der Waals surface area contributed by atoms with Gasteiger partial charge in [0.25, 0.3) is 0 Å². The second-order valence-electron chi connectivity index (χ2n) is 3.26. The van der Waals surface area contributed by atoms with Crippen molar-refractivity contribution in [1.29, 1.82) is 0 Å². The number of rotatable bonds is 7. The summed E-state index contributed by atoms with van der Waals surface area (Å²) in [6.45, 7) is 0.139. The lowest BCUT2D eigenvalue weighted by molar-refractivity contribution is -0.138. The maximum atomic E-state index is 10.9. The highest BCUT2D eigenvalue weighted by Crippen LogP contribution is 2.33. The minimum atomic E-state index is -4.34. The number of hydrogen-bond donors (Lipinski definition) is 5. The van der Waals surface area contributed by atoms with Crippen molar-refractivity contribution in [3.05, 3.63) is 0 Å². The highest BCUT2D eigenvalue weighted by atomic mass is 31.2. The fraction of sp³-hybridized carbons (Fsp3) is 0.714. The number of amides is 1. The maximum Gasteiger partial charge on any atom is 0.334 e. The zero-order valence-corrected chi connectivity index (χ0v) is 9.39. The molecule has 0 rings (SSSR count). The van der Waals surface area contributed by atoms with Gasteiger partial charge in [-0.3, -0.25) is 14.2 Å². The van der Waals surface area contributed by atoms with Gasteiger partial charge in [0.1, 0.15) is 12.2 Å². The fourth-order valence-electron chi connectivity index (χ4n) is 0.916. The van der Waals surface area contributed by atoms with Crippen LogP contribution in [0.3, 0.4) is 0 Å². The highest BCUT2D eigenvalue weighted by Gasteiger charge is 2.18. The third-order valence-corrected chi connectivity index (χ3v) is 2.38. The lowest BCUT2D eigenvalue weighted by Crippen LogP contribution is -2.32. The van der Waals surface area contributed by atoms with E-state index in [4.69, 9.17) is 20.6 Å². The quantitative estimate of drug-likeness (QED) is 0.273. The van der Waals surface area contributed by atoms with Crippen molar-refractivity contribution in [2.75, 3.05) is 12.7 Å². The largest absolute Gasteiger partial charge is 0.480 e. The second kappa shape index (κ2) is 6.59. The topological polar surface area (TPSA) is 150 Å². The molecule has 0 aliphatic carbocycles. The highest BCUT2D eigenvalue weighted by molar-refractivity contribution is 7.52. The van der Waals surface area contributed by atoms with E-state index in [0.29, 0.717) is 6.42 Å². The Labute approximate surface area is 92.0 Å². The van der Waals surface area contributed by atoms with Crippen LogP contribution in [0.5, 0.6) is 0 Å². The van der Waals surface area contributed by atoms with Gasteiger partial charge in [-0.25, -0.2) is 0 Å². The number of carboxylic acids is 1. The monoisotopic (exact) mass is 254 g/mol. The van der Waals surface area contributed by atoms with Gasteiger partial charge in [0.05, 0.1) is 0 Å². The van der Waals surface area contributed by atoms with E-state index in [1.54, 1.807) is 0 Å². The lowest BCUT2D eigenvalue weighted by atomic mass is 10.2. The number of nitrogens with one attached hydrogen (secondary N) is 1. The molecule has 0 radical (unpaired) electrons. The molecule has 0 aliphatic rings. The Hall–Kier alpha value is -0.950. The van der Waals surface area contributed by atoms with Gasteiger partial charge in [-0.1, -0.05) is 0 Å². The molecular formula is C7H15N2O6P. The lowest BCUT2D eigenvalue weighted by Gasteiger charge is -2.08. The van der Waals surface area contributed by atoms with E-state index in [1.807, 2.05) is 0 Å². The van der Waals surface area contributed by atoms with Crippen molar-refractivity contribution in [3.63, 3.8) is 0 Å². The van der Waals surface area contributed by atoms with Crippen LogP contribution in [0.15, 0.2) is 0 Å². The Morgan fingerprint density at radius 2 is 1.94 bits per heavy atom. The van der Waals surface area contributed by atoms with Crippen LogP contribution >= 0.6 is 7.60 Å². The van der Waals surface area contributed by atoms with E-state index in [1.165, 1.54) is 0 Å². The van der Waals surface area contributed by atoms with Crippen LogP contribution in [0.25, 0.3) is 0 Å². The van der Waals surface area contributed by atoms with E-state index in [-0.39, 0.29) is 13.0 Å². The van der Waals surface area contributed by atoms with Gasteiger partial charge in [-0.15, -0.1) is 0 Å². The summed E-state index contributed by atoms with van der Waals surface area (Å²) in [7, 11) is -4.34. The first-order valence-electron chi connectivity index (χ1n) is 4.52. The smallest absolute Gasteiger partial charge is 0.334 e. The number of hydrogen-bond acceptors (Lipinski definition) is 4. The van der Waals surface area contributed by atoms with Crippen LogP contribution in [0.2, 0.25) is 0 Å². The average Bonchev–Trinajstić information content (AvgIpc) is 2.08. The molecule has 94 valence electrons. The molecule has 9 heteroatoms. The third kappa shape index (κ3) is 8.37. The molecule has 0 saturated carbocycles. The zero-order chi connectivity index (χ0) is 12.8. The van der Waals surface area contributed by atoms with Crippen LogP contribution < -0.4 is 11.1 Å². The third-order valence-electron chi connectivity index (χ3n) is 1.68. The van der Waals surface area contributed by atoms with Crippen molar-refractivity contribution in [1.82, 2.24) is 5.32 Å². The molecule has 1 amide bonds. The molecule has 0 aliphatic heterocycles. The molecule has 0 aromatic carbocycles. The Balaban J connectivity index is 3.64. The molecule has 0 saturated heterocycles. The first-order chi connectivity index (χ1) is 7.22. The predicted molar refractivity (Wildman–Crippen MR) is 54.8 cm³/mol. The first kappa shape index (κ1) is 15.0. The summed E-state index contributed by atoms with van der Waals surface area (Å²) >= 11 is 0. The molecule has 0 unspecified atom stereocenters. The Bertz CT molecular complexity index is 301. The Kier molecular flexibility index (Phi) is 6.20. The number of carboxylic acid groups (broad SMARTS) is 1. The number of nitrogens with two attached hydrogens (primary N) is 1. The summed E-state index contributed by atoms with van der Waals surface area (Å²) in [5.74, 6) is -1.89. The van der Waals surface area contributed by atoms with Crippen LogP contribution in [0.1, 0.15) is 12.8 Å². The van der Waals surface area contributed by atoms with Crippen LogP contribution in [-0.4, -0.2) is 45.5 Å². The van der Waals surface area contributed by atoms with Gasteiger partial charge >= 0.3 is 13.6 Å². The van der Waals surface area contributed by atoms with Crippen molar-refractivity contribution in [2.45, 2.75) is 18.9 Å². The molecule has 0 aromatic rings. The van der Waals surface area contributed by atoms with E-state index in [2.05, 4.69) is 5.32 Å². The molecular weight excluding hydrogens is 239 g/mol. The standard InChI is InChI=1S/C7H15N2O6P/c8-5(7(11)12)2-1-3-9-6(10)4-16(13,14)15/h5H,1-4,8H2,(H,9,10)(H,11,12)(H2,13,14,15)/t5-/m0/s1. The van der Waals surface area contributed by atoms with E-state index in [0.717, 1.165) is 0 Å². The minimum Gasteiger partial charge on any atom is -0.480 e. The SMILES string of the molecule is N[C@@H](CCCNC(=O)CP(=O)(O)O)C(=O)O.